The number of nitrogens with one attached hydrogen (secondary N) is 1. The number of carboxylic acids is 1. The first-order chi connectivity index (χ1) is 14.4. The second-order valence-corrected chi connectivity index (χ2v) is 8.09. The van der Waals surface area contributed by atoms with Gasteiger partial charge in [0.05, 0.1) is 10.4 Å². The minimum Gasteiger partial charge on any atom is -0.478 e. The number of fused-ring (bicyclic) bond motifs is 3. The van der Waals surface area contributed by atoms with Crippen molar-refractivity contribution >= 4 is 34.2 Å². The fraction of sp³-hybridized carbons (Fsp3) is 0.174. The molecule has 0 saturated heterocycles. The minimum atomic E-state index is -1.20. The van der Waals surface area contributed by atoms with Crippen molar-refractivity contribution < 1.29 is 24.2 Å². The van der Waals surface area contributed by atoms with Crippen LogP contribution in [0.15, 0.2) is 48.5 Å². The highest BCUT2D eigenvalue weighted by Crippen LogP contribution is 2.44. The van der Waals surface area contributed by atoms with Crippen LogP contribution in [0.3, 0.4) is 0 Å². The molecule has 4 rings (SSSR count). The van der Waals surface area contributed by atoms with Crippen molar-refractivity contribution in [2.24, 2.45) is 0 Å². The van der Waals surface area contributed by atoms with E-state index < -0.39 is 12.1 Å². The maximum atomic E-state index is 12.5. The Hall–Kier alpha value is -3.45. The summed E-state index contributed by atoms with van der Waals surface area (Å²) in [6.45, 7) is 3.04. The highest BCUT2D eigenvalue weighted by molar-refractivity contribution is 7.18. The number of hydrogen-bond donors (Lipinski definition) is 2. The lowest BCUT2D eigenvalue weighted by atomic mass is 9.98. The zero-order valence-corrected chi connectivity index (χ0v) is 17.2. The number of hydrogen-bond acceptors (Lipinski definition) is 5. The Balaban J connectivity index is 1.54. The first kappa shape index (κ1) is 19.8. The number of Topliss-reactive ketones (excluding diaryl/α,β-unsaturated/α-hetero) is 1. The van der Waals surface area contributed by atoms with Gasteiger partial charge in [0, 0.05) is 5.92 Å². The Morgan fingerprint density at radius 3 is 2.13 bits per heavy atom. The van der Waals surface area contributed by atoms with Gasteiger partial charge in [-0.25, -0.2) is 9.59 Å². The molecule has 30 heavy (non-hydrogen) atoms. The van der Waals surface area contributed by atoms with E-state index in [1.807, 2.05) is 48.5 Å². The van der Waals surface area contributed by atoms with Crippen molar-refractivity contribution in [1.29, 1.82) is 0 Å². The van der Waals surface area contributed by atoms with E-state index in [1.165, 1.54) is 6.92 Å². The van der Waals surface area contributed by atoms with Crippen LogP contribution in [0.1, 0.15) is 49.6 Å². The zero-order valence-electron chi connectivity index (χ0n) is 16.4. The molecule has 0 atom stereocenters. The summed E-state index contributed by atoms with van der Waals surface area (Å²) >= 11 is 0.944. The number of aromatic carboxylic acids is 1. The van der Waals surface area contributed by atoms with Crippen LogP contribution in [0.25, 0.3) is 11.1 Å². The van der Waals surface area contributed by atoms with Gasteiger partial charge in [0.2, 0.25) is 0 Å². The molecule has 1 aromatic heterocycles. The molecule has 1 heterocycles. The number of carbonyl (C=O) groups is 3. The average molecular weight is 421 g/mol. The number of rotatable bonds is 5. The Morgan fingerprint density at radius 1 is 1.03 bits per heavy atom. The smallest absolute Gasteiger partial charge is 0.412 e. The molecule has 0 spiro atoms. The summed E-state index contributed by atoms with van der Waals surface area (Å²) in [6, 6.07) is 16.0. The maximum Gasteiger partial charge on any atom is 0.412 e. The van der Waals surface area contributed by atoms with E-state index >= 15 is 0 Å². The summed E-state index contributed by atoms with van der Waals surface area (Å²) in [5.41, 5.74) is 4.67. The molecule has 2 N–H and O–H groups in total. The van der Waals surface area contributed by atoms with E-state index in [4.69, 9.17) is 4.74 Å². The lowest BCUT2D eigenvalue weighted by Gasteiger charge is -2.14. The van der Waals surface area contributed by atoms with Gasteiger partial charge in [-0.05, 0) is 41.7 Å². The molecular formula is C23H19NO5S. The predicted octanol–water partition coefficient (Wildman–Crippen LogP) is 5.32. The number of ether oxygens (including phenoxy) is 1. The number of benzene rings is 2. The number of thiophene rings is 1. The van der Waals surface area contributed by atoms with Crippen molar-refractivity contribution in [3.63, 3.8) is 0 Å². The minimum absolute atomic E-state index is 0.0845. The Kier molecular flexibility index (Phi) is 5.13. The number of amides is 1. The molecule has 6 nitrogen and oxygen atoms in total. The molecule has 0 aliphatic heterocycles. The van der Waals surface area contributed by atoms with E-state index in [2.05, 4.69) is 5.32 Å². The third kappa shape index (κ3) is 3.37. The standard InChI is InChI=1S/C23H19NO5S/c1-12-19(22(26)27)21(30-20(12)13(2)25)24-23(28)29-11-18-16-9-5-3-7-14(16)15-8-4-6-10-17(15)18/h3-10,18H,11H2,1-2H3,(H,24,28)(H,26,27). The molecule has 0 saturated carbocycles. The van der Waals surface area contributed by atoms with E-state index in [0.717, 1.165) is 33.6 Å². The summed E-state index contributed by atoms with van der Waals surface area (Å²) in [6.07, 6.45) is -0.754. The molecule has 0 unspecified atom stereocenters. The van der Waals surface area contributed by atoms with E-state index in [0.29, 0.717) is 10.4 Å². The van der Waals surface area contributed by atoms with Gasteiger partial charge in [-0.1, -0.05) is 48.5 Å². The quantitative estimate of drug-likeness (QED) is 0.544. The van der Waals surface area contributed by atoms with Crippen LogP contribution < -0.4 is 5.32 Å². The summed E-state index contributed by atoms with van der Waals surface area (Å²) in [7, 11) is 0. The monoisotopic (exact) mass is 421 g/mol. The summed E-state index contributed by atoms with van der Waals surface area (Å²) in [4.78, 5) is 36.1. The van der Waals surface area contributed by atoms with Crippen molar-refractivity contribution in [1.82, 2.24) is 0 Å². The largest absolute Gasteiger partial charge is 0.478 e. The fourth-order valence-electron chi connectivity index (χ4n) is 3.92. The SMILES string of the molecule is CC(=O)c1sc(NC(=O)OCC2c3ccccc3-c3ccccc32)c(C(=O)O)c1C. The normalized spacial score (nSPS) is 12.2. The van der Waals surface area contributed by atoms with Crippen LogP contribution in [0.2, 0.25) is 0 Å². The first-order valence-electron chi connectivity index (χ1n) is 9.38. The lowest BCUT2D eigenvalue weighted by molar-refractivity contribution is 0.0697. The topological polar surface area (TPSA) is 92.7 Å². The van der Waals surface area contributed by atoms with Crippen LogP contribution in [-0.4, -0.2) is 29.6 Å². The third-order valence-electron chi connectivity index (χ3n) is 5.24. The van der Waals surface area contributed by atoms with Gasteiger partial charge in [0.1, 0.15) is 11.6 Å². The predicted molar refractivity (Wildman–Crippen MR) is 115 cm³/mol. The summed E-state index contributed by atoms with van der Waals surface area (Å²) in [5.74, 6) is -1.55. The van der Waals surface area contributed by atoms with Crippen LogP contribution in [0, 0.1) is 6.92 Å². The van der Waals surface area contributed by atoms with E-state index in [-0.39, 0.29) is 28.9 Å². The molecule has 1 amide bonds. The van der Waals surface area contributed by atoms with Crippen LogP contribution in [0.4, 0.5) is 9.80 Å². The molecule has 1 aliphatic rings. The van der Waals surface area contributed by atoms with Gasteiger partial charge in [-0.3, -0.25) is 10.1 Å². The highest BCUT2D eigenvalue weighted by atomic mass is 32.1. The molecule has 0 fully saturated rings. The van der Waals surface area contributed by atoms with Crippen LogP contribution in [0.5, 0.6) is 0 Å². The summed E-state index contributed by atoms with van der Waals surface area (Å²) in [5, 5.41) is 12.1. The van der Waals surface area contributed by atoms with Crippen molar-refractivity contribution in [2.45, 2.75) is 19.8 Å². The molecule has 3 aromatic rings. The van der Waals surface area contributed by atoms with Gasteiger partial charge in [0.15, 0.2) is 5.78 Å². The lowest BCUT2D eigenvalue weighted by Crippen LogP contribution is -2.18. The number of ketones is 1. The second-order valence-electron chi connectivity index (χ2n) is 7.07. The Morgan fingerprint density at radius 2 is 1.60 bits per heavy atom. The average Bonchev–Trinajstić information content (AvgIpc) is 3.21. The van der Waals surface area contributed by atoms with Gasteiger partial charge in [-0.15, -0.1) is 11.3 Å². The van der Waals surface area contributed by atoms with E-state index in [1.54, 1.807) is 6.92 Å². The Labute approximate surface area is 177 Å². The van der Waals surface area contributed by atoms with E-state index in [9.17, 15) is 19.5 Å². The van der Waals surface area contributed by atoms with Gasteiger partial charge >= 0.3 is 12.1 Å². The van der Waals surface area contributed by atoms with Crippen LogP contribution >= 0.6 is 11.3 Å². The first-order valence-corrected chi connectivity index (χ1v) is 10.2. The Bertz CT molecular complexity index is 1130. The van der Waals surface area contributed by atoms with Crippen molar-refractivity contribution in [2.75, 3.05) is 11.9 Å². The molecule has 2 aromatic carbocycles. The molecule has 7 heteroatoms. The number of anilines is 1. The number of carboxylic acid groups (broad SMARTS) is 1. The van der Waals surface area contributed by atoms with Gasteiger partial charge in [-0.2, -0.15) is 0 Å². The molecule has 1 aliphatic carbocycles. The second kappa shape index (κ2) is 7.76. The van der Waals surface area contributed by atoms with Crippen LogP contribution in [-0.2, 0) is 4.74 Å². The third-order valence-corrected chi connectivity index (χ3v) is 6.55. The fourth-order valence-corrected chi connectivity index (χ4v) is 5.00. The van der Waals surface area contributed by atoms with Gasteiger partial charge < -0.3 is 9.84 Å². The molecule has 152 valence electrons. The summed E-state index contributed by atoms with van der Waals surface area (Å²) < 4.78 is 5.47. The highest BCUT2D eigenvalue weighted by Gasteiger charge is 2.29. The molecule has 0 radical (unpaired) electrons. The molecular weight excluding hydrogens is 402 g/mol. The van der Waals surface area contributed by atoms with Gasteiger partial charge in [0.25, 0.3) is 0 Å². The number of carbonyl (C=O) groups excluding carboxylic acids is 2. The zero-order chi connectivity index (χ0) is 21.4. The van der Waals surface area contributed by atoms with Crippen molar-refractivity contribution in [3.8, 4) is 11.1 Å². The van der Waals surface area contributed by atoms with Crippen molar-refractivity contribution in [3.05, 3.63) is 75.7 Å². The molecule has 0 bridgehead atoms. The maximum absolute atomic E-state index is 12.5.